The van der Waals surface area contributed by atoms with Gasteiger partial charge in [0.1, 0.15) is 0 Å². The number of benzene rings is 1. The van der Waals surface area contributed by atoms with E-state index in [0.29, 0.717) is 17.9 Å². The van der Waals surface area contributed by atoms with E-state index in [9.17, 15) is 18.5 Å². The van der Waals surface area contributed by atoms with Crippen LogP contribution in [0.15, 0.2) is 23.1 Å². The quantitative estimate of drug-likeness (QED) is 0.487. The first kappa shape index (κ1) is 14.9. The topological polar surface area (TPSA) is 89.3 Å². The molecule has 18 heavy (non-hydrogen) atoms. The van der Waals surface area contributed by atoms with Gasteiger partial charge < -0.3 is 0 Å². The van der Waals surface area contributed by atoms with Gasteiger partial charge in [-0.2, -0.15) is 11.8 Å². The van der Waals surface area contributed by atoms with E-state index in [4.69, 9.17) is 0 Å². The van der Waals surface area contributed by atoms with Crippen LogP contribution in [-0.4, -0.2) is 31.9 Å². The Kier molecular flexibility index (Phi) is 5.12. The second kappa shape index (κ2) is 6.17. The first-order chi connectivity index (χ1) is 8.38. The monoisotopic (exact) mass is 290 g/mol. The first-order valence-electron chi connectivity index (χ1n) is 5.12. The molecule has 0 unspecified atom stereocenters. The molecule has 0 heterocycles. The van der Waals surface area contributed by atoms with E-state index in [0.717, 1.165) is 6.07 Å². The third kappa shape index (κ3) is 3.69. The van der Waals surface area contributed by atoms with Crippen molar-refractivity contribution in [1.29, 1.82) is 0 Å². The minimum Gasteiger partial charge on any atom is -0.258 e. The van der Waals surface area contributed by atoms with Crippen LogP contribution in [0.3, 0.4) is 0 Å². The molecule has 0 radical (unpaired) electrons. The molecule has 0 spiro atoms. The van der Waals surface area contributed by atoms with Crippen molar-refractivity contribution in [3.8, 4) is 0 Å². The van der Waals surface area contributed by atoms with Crippen molar-refractivity contribution in [3.05, 3.63) is 33.9 Å². The van der Waals surface area contributed by atoms with Gasteiger partial charge in [0.2, 0.25) is 10.0 Å². The second-order valence-corrected chi connectivity index (χ2v) is 6.35. The van der Waals surface area contributed by atoms with Crippen molar-refractivity contribution < 1.29 is 13.3 Å². The van der Waals surface area contributed by atoms with E-state index in [2.05, 4.69) is 4.72 Å². The molecular weight excluding hydrogens is 276 g/mol. The molecular formula is C10H14N2O4S2. The SMILES string of the molecule is CSCCNS(=O)(=O)c1ccc(C)c([N+](=O)[O-])c1. The predicted molar refractivity (Wildman–Crippen MR) is 71.4 cm³/mol. The number of hydrogen-bond acceptors (Lipinski definition) is 5. The van der Waals surface area contributed by atoms with Crippen LogP contribution in [0.25, 0.3) is 0 Å². The summed E-state index contributed by atoms with van der Waals surface area (Å²) in [6, 6.07) is 3.88. The fourth-order valence-corrected chi connectivity index (χ4v) is 2.80. The summed E-state index contributed by atoms with van der Waals surface area (Å²) >= 11 is 1.51. The molecule has 100 valence electrons. The summed E-state index contributed by atoms with van der Waals surface area (Å²) in [6.07, 6.45) is 1.87. The van der Waals surface area contributed by atoms with Crippen molar-refractivity contribution in [2.24, 2.45) is 0 Å². The minimum absolute atomic E-state index is 0.0825. The van der Waals surface area contributed by atoms with Crippen LogP contribution in [-0.2, 0) is 10.0 Å². The van der Waals surface area contributed by atoms with Crippen molar-refractivity contribution in [3.63, 3.8) is 0 Å². The second-order valence-electron chi connectivity index (χ2n) is 3.60. The van der Waals surface area contributed by atoms with Crippen molar-refractivity contribution in [2.75, 3.05) is 18.6 Å². The Morgan fingerprint density at radius 3 is 2.67 bits per heavy atom. The number of nitrogens with one attached hydrogen (secondary N) is 1. The molecule has 0 fully saturated rings. The zero-order valence-corrected chi connectivity index (χ0v) is 11.7. The zero-order chi connectivity index (χ0) is 13.8. The van der Waals surface area contributed by atoms with E-state index < -0.39 is 14.9 Å². The lowest BCUT2D eigenvalue weighted by molar-refractivity contribution is -0.385. The number of aryl methyl sites for hydroxylation is 1. The molecule has 0 aliphatic heterocycles. The minimum atomic E-state index is -3.67. The molecule has 0 aliphatic carbocycles. The fourth-order valence-electron chi connectivity index (χ4n) is 1.31. The van der Waals surface area contributed by atoms with Crippen LogP contribution in [0.2, 0.25) is 0 Å². The van der Waals surface area contributed by atoms with E-state index in [-0.39, 0.29) is 10.6 Å². The highest BCUT2D eigenvalue weighted by atomic mass is 32.2. The smallest absolute Gasteiger partial charge is 0.258 e. The molecule has 0 saturated carbocycles. The van der Waals surface area contributed by atoms with Crippen LogP contribution < -0.4 is 4.72 Å². The third-order valence-corrected chi connectivity index (χ3v) is 4.36. The fraction of sp³-hybridized carbons (Fsp3) is 0.400. The van der Waals surface area contributed by atoms with Gasteiger partial charge in [-0.25, -0.2) is 13.1 Å². The molecule has 8 heteroatoms. The van der Waals surface area contributed by atoms with Gasteiger partial charge >= 0.3 is 0 Å². The van der Waals surface area contributed by atoms with Crippen molar-refractivity contribution in [1.82, 2.24) is 4.72 Å². The number of hydrogen-bond donors (Lipinski definition) is 1. The lowest BCUT2D eigenvalue weighted by Crippen LogP contribution is -2.26. The maximum absolute atomic E-state index is 11.9. The molecule has 1 N–H and O–H groups in total. The molecule has 0 bridgehead atoms. The van der Waals surface area contributed by atoms with Gasteiger partial charge in [0.05, 0.1) is 9.82 Å². The average molecular weight is 290 g/mol. The predicted octanol–water partition coefficient (Wildman–Crippen LogP) is 1.54. The summed E-state index contributed by atoms with van der Waals surface area (Å²) in [5.74, 6) is 0.646. The zero-order valence-electron chi connectivity index (χ0n) is 10.0. The van der Waals surface area contributed by atoms with Crippen LogP contribution in [0, 0.1) is 17.0 Å². The molecule has 0 aliphatic rings. The molecule has 0 amide bonds. The molecule has 0 atom stereocenters. The maximum Gasteiger partial charge on any atom is 0.273 e. The van der Waals surface area contributed by atoms with E-state index >= 15 is 0 Å². The van der Waals surface area contributed by atoms with Gasteiger partial charge in [0.15, 0.2) is 0 Å². The normalized spacial score (nSPS) is 11.4. The summed E-state index contributed by atoms with van der Waals surface area (Å²) in [5, 5.41) is 10.7. The Labute approximate surface area is 110 Å². The van der Waals surface area contributed by atoms with Crippen LogP contribution in [0.4, 0.5) is 5.69 Å². The maximum atomic E-state index is 11.9. The summed E-state index contributed by atoms with van der Waals surface area (Å²) in [4.78, 5) is 10.1. The van der Waals surface area contributed by atoms with E-state index in [1.54, 1.807) is 6.92 Å². The highest BCUT2D eigenvalue weighted by Gasteiger charge is 2.19. The molecule has 1 aromatic rings. The average Bonchev–Trinajstić information content (AvgIpc) is 2.29. The molecule has 0 aromatic heterocycles. The van der Waals surface area contributed by atoms with Crippen LogP contribution in [0.1, 0.15) is 5.56 Å². The molecule has 0 saturated heterocycles. The third-order valence-electron chi connectivity index (χ3n) is 2.29. The van der Waals surface area contributed by atoms with Crippen LogP contribution in [0.5, 0.6) is 0 Å². The van der Waals surface area contributed by atoms with Gasteiger partial charge in [0, 0.05) is 23.9 Å². The van der Waals surface area contributed by atoms with Crippen molar-refractivity contribution in [2.45, 2.75) is 11.8 Å². The van der Waals surface area contributed by atoms with Gasteiger partial charge in [-0.1, -0.05) is 6.07 Å². The molecule has 6 nitrogen and oxygen atoms in total. The first-order valence-corrected chi connectivity index (χ1v) is 8.00. The van der Waals surface area contributed by atoms with Gasteiger partial charge in [0.25, 0.3) is 5.69 Å². The highest BCUT2D eigenvalue weighted by Crippen LogP contribution is 2.21. The Bertz CT molecular complexity index is 543. The number of thioether (sulfide) groups is 1. The summed E-state index contributed by atoms with van der Waals surface area (Å²) in [6.45, 7) is 1.86. The Morgan fingerprint density at radius 2 is 2.11 bits per heavy atom. The number of nitrogens with zero attached hydrogens (tertiary/aromatic N) is 1. The van der Waals surface area contributed by atoms with Gasteiger partial charge in [-0.05, 0) is 19.2 Å². The Morgan fingerprint density at radius 1 is 1.44 bits per heavy atom. The summed E-state index contributed by atoms with van der Waals surface area (Å²) in [5.41, 5.74) is 0.241. The molecule has 1 rings (SSSR count). The summed E-state index contributed by atoms with van der Waals surface area (Å²) in [7, 11) is -3.67. The lowest BCUT2D eigenvalue weighted by Gasteiger charge is -2.06. The Hall–Kier alpha value is -1.12. The largest absolute Gasteiger partial charge is 0.273 e. The van der Waals surface area contributed by atoms with Crippen LogP contribution >= 0.6 is 11.8 Å². The number of nitro benzene ring substituents is 1. The van der Waals surface area contributed by atoms with Crippen molar-refractivity contribution >= 4 is 27.5 Å². The lowest BCUT2D eigenvalue weighted by atomic mass is 10.2. The van der Waals surface area contributed by atoms with E-state index in [1.807, 2.05) is 6.26 Å². The van der Waals surface area contributed by atoms with Gasteiger partial charge in [-0.15, -0.1) is 0 Å². The van der Waals surface area contributed by atoms with Gasteiger partial charge in [-0.3, -0.25) is 10.1 Å². The number of sulfonamides is 1. The Balaban J connectivity index is 3.02. The number of rotatable bonds is 6. The molecule has 1 aromatic carbocycles. The summed E-state index contributed by atoms with van der Waals surface area (Å²) < 4.78 is 26.1. The highest BCUT2D eigenvalue weighted by molar-refractivity contribution is 7.98. The standard InChI is InChI=1S/C10H14N2O4S2/c1-8-3-4-9(7-10(8)12(13)14)18(15,16)11-5-6-17-2/h3-4,7,11H,5-6H2,1-2H3. The van der Waals surface area contributed by atoms with E-state index in [1.165, 1.54) is 23.9 Å². The number of nitro groups is 1.